The molecule has 4 rings (SSSR count). The van der Waals surface area contributed by atoms with Crippen LogP contribution in [-0.2, 0) is 4.74 Å². The molecule has 0 aliphatic carbocycles. The molecule has 4 aromatic rings. The third-order valence-corrected chi connectivity index (χ3v) is 9.00. The van der Waals surface area contributed by atoms with Crippen LogP contribution in [0.2, 0.25) is 0 Å². The summed E-state index contributed by atoms with van der Waals surface area (Å²) in [5.41, 5.74) is 1.40. The van der Waals surface area contributed by atoms with Crippen molar-refractivity contribution in [1.29, 1.82) is 0 Å². The minimum atomic E-state index is -0.926. The van der Waals surface area contributed by atoms with E-state index in [4.69, 9.17) is 4.74 Å². The summed E-state index contributed by atoms with van der Waals surface area (Å²) in [6.45, 7) is 3.72. The summed E-state index contributed by atoms with van der Waals surface area (Å²) >= 11 is -0.531. The van der Waals surface area contributed by atoms with Crippen molar-refractivity contribution in [3.63, 3.8) is 0 Å². The van der Waals surface area contributed by atoms with Gasteiger partial charge in [0.05, 0.1) is 0 Å². The normalized spacial score (nSPS) is 11.0. The van der Waals surface area contributed by atoms with Crippen LogP contribution >= 0.6 is 0 Å². The standard InChI is InChI=1S/C21H14O4Se2/c1-2-11-25-21(24)19-17(13-8-4-6-10-15(13)27-19)16-12-7-3-5-9-14(12)26-18(16)20(22)23/h2-10H,1,11H2,(H,22,23). The van der Waals surface area contributed by atoms with Crippen molar-refractivity contribution >= 4 is 60.2 Å². The molecule has 6 heteroatoms. The van der Waals surface area contributed by atoms with E-state index < -0.39 is 11.9 Å². The van der Waals surface area contributed by atoms with E-state index in [1.165, 1.54) is 6.08 Å². The molecule has 2 aromatic carbocycles. The quantitative estimate of drug-likeness (QED) is 0.264. The van der Waals surface area contributed by atoms with Crippen LogP contribution in [-0.4, -0.2) is 52.7 Å². The molecule has 2 heterocycles. The molecule has 0 radical (unpaired) electrons. The first kappa shape index (κ1) is 18.0. The molecule has 0 saturated carbocycles. The molecular formula is C21H14O4Se2. The van der Waals surface area contributed by atoms with Gasteiger partial charge in [0.1, 0.15) is 0 Å². The molecular weight excluding hydrogens is 474 g/mol. The van der Waals surface area contributed by atoms with Gasteiger partial charge in [0.2, 0.25) is 0 Å². The van der Waals surface area contributed by atoms with Gasteiger partial charge >= 0.3 is 167 Å². The van der Waals surface area contributed by atoms with Crippen LogP contribution in [0.1, 0.15) is 18.5 Å². The van der Waals surface area contributed by atoms with Gasteiger partial charge in [0, 0.05) is 0 Å². The number of hydrogen-bond donors (Lipinski definition) is 1. The first-order valence-corrected chi connectivity index (χ1v) is 11.6. The second kappa shape index (κ2) is 7.34. The van der Waals surface area contributed by atoms with Gasteiger partial charge in [0.25, 0.3) is 0 Å². The summed E-state index contributed by atoms with van der Waals surface area (Å²) in [4.78, 5) is 24.8. The van der Waals surface area contributed by atoms with Crippen molar-refractivity contribution in [2.45, 2.75) is 0 Å². The van der Waals surface area contributed by atoms with Crippen LogP contribution in [0.4, 0.5) is 0 Å². The van der Waals surface area contributed by atoms with Gasteiger partial charge in [-0.25, -0.2) is 0 Å². The molecule has 0 spiro atoms. The summed E-state index contributed by atoms with van der Waals surface area (Å²) in [6, 6.07) is 15.5. The van der Waals surface area contributed by atoms with Crippen LogP contribution in [0, 0.1) is 0 Å². The van der Waals surface area contributed by atoms with Gasteiger partial charge < -0.3 is 0 Å². The number of esters is 1. The van der Waals surface area contributed by atoms with E-state index in [1.54, 1.807) is 0 Å². The number of benzene rings is 2. The number of carbonyl (C=O) groups excluding carboxylic acids is 1. The summed E-state index contributed by atoms with van der Waals surface area (Å²) < 4.78 is 8.38. The third kappa shape index (κ3) is 3.11. The van der Waals surface area contributed by atoms with Crippen LogP contribution in [0.3, 0.4) is 0 Å². The van der Waals surface area contributed by atoms with E-state index in [1.807, 2.05) is 48.5 Å². The number of carboxylic acid groups (broad SMARTS) is 1. The van der Waals surface area contributed by atoms with Crippen molar-refractivity contribution in [2.75, 3.05) is 6.61 Å². The maximum absolute atomic E-state index is 12.8. The predicted molar refractivity (Wildman–Crippen MR) is 108 cm³/mol. The topological polar surface area (TPSA) is 63.6 Å². The molecule has 0 aliphatic rings. The van der Waals surface area contributed by atoms with E-state index >= 15 is 0 Å². The number of fused-ring (bicyclic) bond motifs is 2. The fourth-order valence-corrected chi connectivity index (χ4v) is 7.59. The van der Waals surface area contributed by atoms with Gasteiger partial charge in [-0.2, -0.15) is 0 Å². The first-order chi connectivity index (χ1) is 13.1. The van der Waals surface area contributed by atoms with Crippen molar-refractivity contribution < 1.29 is 19.4 Å². The molecule has 0 aliphatic heterocycles. The zero-order valence-corrected chi connectivity index (χ0v) is 17.5. The average Bonchev–Trinajstić information content (AvgIpc) is 3.24. The van der Waals surface area contributed by atoms with Crippen LogP contribution in [0.15, 0.2) is 61.2 Å². The van der Waals surface area contributed by atoms with Crippen molar-refractivity contribution in [1.82, 2.24) is 0 Å². The van der Waals surface area contributed by atoms with Gasteiger partial charge in [-0.05, 0) is 0 Å². The number of ether oxygens (including phenoxy) is 1. The van der Waals surface area contributed by atoms with Crippen molar-refractivity contribution in [3.05, 3.63) is 70.1 Å². The molecule has 134 valence electrons. The monoisotopic (exact) mass is 490 g/mol. The number of hydrogen-bond acceptors (Lipinski definition) is 3. The summed E-state index contributed by atoms with van der Waals surface area (Å²) in [5.74, 6) is -1.32. The first-order valence-electron chi connectivity index (χ1n) is 8.16. The second-order valence-corrected chi connectivity index (χ2v) is 10.2. The Hall–Kier alpha value is -2.36. The summed E-state index contributed by atoms with van der Waals surface area (Å²) in [7, 11) is 0. The minimum absolute atomic E-state index is 0.132. The predicted octanol–water partition coefficient (Wildman–Crippen LogP) is 3.82. The molecule has 2 aromatic heterocycles. The van der Waals surface area contributed by atoms with Crippen LogP contribution in [0.5, 0.6) is 0 Å². The van der Waals surface area contributed by atoms with Gasteiger partial charge in [-0.1, -0.05) is 0 Å². The van der Waals surface area contributed by atoms with E-state index in [0.717, 1.165) is 24.9 Å². The SMILES string of the molecule is C=CCOC(=O)c1[se]c2ccccc2c1-c1c(C(=O)O)[se]c2ccccc12. The van der Waals surface area contributed by atoms with Crippen LogP contribution in [0.25, 0.3) is 30.4 Å². The Labute approximate surface area is 167 Å². The molecule has 0 fully saturated rings. The van der Waals surface area contributed by atoms with E-state index in [-0.39, 0.29) is 35.6 Å². The van der Waals surface area contributed by atoms with Gasteiger partial charge in [0.15, 0.2) is 0 Å². The Bertz CT molecular complexity index is 1200. The number of carboxylic acids is 1. The molecule has 0 unspecified atom stereocenters. The molecule has 0 saturated heterocycles. The Morgan fingerprint density at radius 3 is 2.00 bits per heavy atom. The molecule has 1 N–H and O–H groups in total. The van der Waals surface area contributed by atoms with Gasteiger partial charge in [-0.15, -0.1) is 0 Å². The zero-order valence-electron chi connectivity index (χ0n) is 14.1. The molecule has 0 bridgehead atoms. The molecule has 27 heavy (non-hydrogen) atoms. The molecule has 0 atom stereocenters. The summed E-state index contributed by atoms with van der Waals surface area (Å²) in [5, 5.41) is 11.7. The van der Waals surface area contributed by atoms with Crippen LogP contribution < -0.4 is 0 Å². The van der Waals surface area contributed by atoms with E-state index in [9.17, 15) is 14.7 Å². The zero-order chi connectivity index (χ0) is 19.0. The Morgan fingerprint density at radius 1 is 0.926 bits per heavy atom. The molecule has 0 amide bonds. The fraction of sp³-hybridized carbons (Fsp3) is 0.0476. The Balaban J connectivity index is 2.08. The van der Waals surface area contributed by atoms with E-state index in [2.05, 4.69) is 6.58 Å². The fourth-order valence-electron chi connectivity index (χ4n) is 3.08. The number of carbonyl (C=O) groups is 2. The third-order valence-electron chi connectivity index (χ3n) is 4.15. The van der Waals surface area contributed by atoms with Crippen molar-refractivity contribution in [3.8, 4) is 11.1 Å². The number of rotatable bonds is 5. The average molecular weight is 488 g/mol. The Morgan fingerprint density at radius 2 is 1.44 bits per heavy atom. The van der Waals surface area contributed by atoms with Crippen molar-refractivity contribution in [2.24, 2.45) is 0 Å². The second-order valence-electron chi connectivity index (χ2n) is 5.80. The summed E-state index contributed by atoms with van der Waals surface area (Å²) in [6.07, 6.45) is 1.53. The number of aromatic carboxylic acids is 1. The molecule has 4 nitrogen and oxygen atoms in total. The van der Waals surface area contributed by atoms with Gasteiger partial charge in [-0.3, -0.25) is 0 Å². The van der Waals surface area contributed by atoms with E-state index in [0.29, 0.717) is 14.4 Å². The maximum atomic E-state index is 12.8. The Kier molecular flexibility index (Phi) is 4.90.